The largest absolute Gasteiger partial charge is 0.489 e. The minimum absolute atomic E-state index is 0.164. The molecule has 0 aromatic heterocycles. The van der Waals surface area contributed by atoms with Gasteiger partial charge in [0.1, 0.15) is 17.7 Å². The van der Waals surface area contributed by atoms with E-state index >= 15 is 0 Å². The van der Waals surface area contributed by atoms with Crippen molar-refractivity contribution in [3.05, 3.63) is 30.1 Å². The monoisotopic (exact) mass is 251 g/mol. The highest BCUT2D eigenvalue weighted by Crippen LogP contribution is 2.32. The Balaban J connectivity index is 2.08. The maximum Gasteiger partial charge on any atom is 0.123 e. The summed E-state index contributed by atoms with van der Waals surface area (Å²) in [5.74, 6) is 1.77. The number of hydrogen-bond acceptors (Lipinski definition) is 2. The Morgan fingerprint density at radius 1 is 1.17 bits per heavy atom. The molecule has 1 fully saturated rings. The Hall–Kier alpha value is -1.09. The molecule has 4 unspecified atom stereocenters. The van der Waals surface area contributed by atoms with Crippen LogP contribution in [0.2, 0.25) is 0 Å². The molecule has 4 atom stereocenters. The smallest absolute Gasteiger partial charge is 0.123 e. The molecule has 1 aliphatic carbocycles. The Bertz CT molecular complexity index is 379. The molecule has 0 saturated heterocycles. The first-order valence-corrected chi connectivity index (χ1v) is 6.69. The summed E-state index contributed by atoms with van der Waals surface area (Å²) in [5, 5.41) is 3.35. The molecule has 0 aliphatic heterocycles. The quantitative estimate of drug-likeness (QED) is 0.890. The van der Waals surface area contributed by atoms with Gasteiger partial charge >= 0.3 is 0 Å². The number of ether oxygens (including phenoxy) is 1. The lowest BCUT2D eigenvalue weighted by Gasteiger charge is -2.39. The van der Waals surface area contributed by atoms with Crippen molar-refractivity contribution in [3.8, 4) is 5.75 Å². The second-order valence-electron chi connectivity index (χ2n) is 5.49. The third kappa shape index (κ3) is 3.02. The summed E-state index contributed by atoms with van der Waals surface area (Å²) in [4.78, 5) is 0. The van der Waals surface area contributed by atoms with E-state index in [0.717, 1.165) is 18.1 Å². The number of halogens is 1. The maximum absolute atomic E-state index is 12.9. The zero-order chi connectivity index (χ0) is 13.1. The fourth-order valence-electron chi connectivity index (χ4n) is 2.98. The van der Waals surface area contributed by atoms with E-state index in [1.807, 2.05) is 7.05 Å². The molecule has 2 rings (SSSR count). The molecule has 0 bridgehead atoms. The van der Waals surface area contributed by atoms with Crippen LogP contribution in [0.3, 0.4) is 0 Å². The van der Waals surface area contributed by atoms with Crippen LogP contribution in [-0.4, -0.2) is 19.2 Å². The van der Waals surface area contributed by atoms with Gasteiger partial charge in [0.15, 0.2) is 0 Å². The summed E-state index contributed by atoms with van der Waals surface area (Å²) in [6.07, 6.45) is 2.48. The SMILES string of the molecule is CNC1CC(C)CC(C)C1Oc1ccc(F)cc1. The van der Waals surface area contributed by atoms with Crippen molar-refractivity contribution in [1.29, 1.82) is 0 Å². The topological polar surface area (TPSA) is 21.3 Å². The summed E-state index contributed by atoms with van der Waals surface area (Å²) >= 11 is 0. The number of likely N-dealkylation sites (N-methyl/N-ethyl adjacent to an activating group) is 1. The van der Waals surface area contributed by atoms with Crippen molar-refractivity contribution in [2.45, 2.75) is 38.8 Å². The number of hydrogen-bond donors (Lipinski definition) is 1. The summed E-state index contributed by atoms with van der Waals surface area (Å²) in [5.41, 5.74) is 0. The predicted molar refractivity (Wildman–Crippen MR) is 71.2 cm³/mol. The van der Waals surface area contributed by atoms with Gasteiger partial charge in [0.2, 0.25) is 0 Å². The van der Waals surface area contributed by atoms with Gasteiger partial charge in [-0.2, -0.15) is 0 Å². The molecule has 0 amide bonds. The Kier molecular flexibility index (Phi) is 4.23. The lowest BCUT2D eigenvalue weighted by Crippen LogP contribution is -2.49. The van der Waals surface area contributed by atoms with Gasteiger partial charge in [0.25, 0.3) is 0 Å². The van der Waals surface area contributed by atoms with Gasteiger partial charge in [-0.15, -0.1) is 0 Å². The molecule has 0 spiro atoms. The first-order chi connectivity index (χ1) is 8.60. The number of benzene rings is 1. The lowest BCUT2D eigenvalue weighted by atomic mass is 9.78. The molecule has 1 saturated carbocycles. The van der Waals surface area contributed by atoms with E-state index in [-0.39, 0.29) is 11.9 Å². The molecule has 1 N–H and O–H groups in total. The third-order valence-corrected chi connectivity index (χ3v) is 3.84. The first-order valence-electron chi connectivity index (χ1n) is 6.69. The van der Waals surface area contributed by atoms with Gasteiger partial charge in [-0.25, -0.2) is 4.39 Å². The van der Waals surface area contributed by atoms with Gasteiger partial charge in [0.05, 0.1) is 0 Å². The predicted octanol–water partition coefficient (Wildman–Crippen LogP) is 3.23. The van der Waals surface area contributed by atoms with Crippen molar-refractivity contribution < 1.29 is 9.13 Å². The average Bonchev–Trinajstić information content (AvgIpc) is 2.34. The minimum atomic E-state index is -0.224. The van der Waals surface area contributed by atoms with Crippen LogP contribution in [-0.2, 0) is 0 Å². The van der Waals surface area contributed by atoms with Crippen molar-refractivity contribution >= 4 is 0 Å². The summed E-state index contributed by atoms with van der Waals surface area (Å²) in [7, 11) is 1.98. The Labute approximate surface area is 109 Å². The first kappa shape index (κ1) is 13.3. The molecule has 1 aromatic rings. The molecular weight excluding hydrogens is 229 g/mol. The fraction of sp³-hybridized carbons (Fsp3) is 0.600. The fourth-order valence-corrected chi connectivity index (χ4v) is 2.98. The van der Waals surface area contributed by atoms with Gasteiger partial charge in [-0.3, -0.25) is 0 Å². The second kappa shape index (κ2) is 5.70. The van der Waals surface area contributed by atoms with Gasteiger partial charge in [0, 0.05) is 6.04 Å². The van der Waals surface area contributed by atoms with E-state index in [0.29, 0.717) is 12.0 Å². The molecule has 1 aliphatic rings. The summed E-state index contributed by atoms with van der Waals surface area (Å²) in [6.45, 7) is 4.52. The molecule has 0 heterocycles. The van der Waals surface area contributed by atoms with Crippen LogP contribution in [0, 0.1) is 17.7 Å². The molecular formula is C15H22FNO. The zero-order valence-corrected chi connectivity index (χ0v) is 11.3. The standard InChI is InChI=1S/C15H22FNO/c1-10-8-11(2)15(14(9-10)17-3)18-13-6-4-12(16)5-7-13/h4-7,10-11,14-15,17H,8-9H2,1-3H3. The van der Waals surface area contributed by atoms with E-state index in [4.69, 9.17) is 4.74 Å². The molecule has 100 valence electrons. The van der Waals surface area contributed by atoms with Crippen LogP contribution < -0.4 is 10.1 Å². The normalized spacial score (nSPS) is 32.2. The zero-order valence-electron chi connectivity index (χ0n) is 11.3. The van der Waals surface area contributed by atoms with E-state index in [2.05, 4.69) is 19.2 Å². The molecule has 1 aromatic carbocycles. The number of rotatable bonds is 3. The highest BCUT2D eigenvalue weighted by atomic mass is 19.1. The highest BCUT2D eigenvalue weighted by Gasteiger charge is 2.34. The molecule has 2 nitrogen and oxygen atoms in total. The van der Waals surface area contributed by atoms with Crippen LogP contribution in [0.1, 0.15) is 26.7 Å². The summed E-state index contributed by atoms with van der Waals surface area (Å²) < 4.78 is 18.9. The van der Waals surface area contributed by atoms with Gasteiger partial charge < -0.3 is 10.1 Å². The maximum atomic E-state index is 12.9. The van der Waals surface area contributed by atoms with Crippen molar-refractivity contribution in [2.75, 3.05) is 7.05 Å². The van der Waals surface area contributed by atoms with Crippen molar-refractivity contribution in [1.82, 2.24) is 5.32 Å². The van der Waals surface area contributed by atoms with Crippen LogP contribution in [0.4, 0.5) is 4.39 Å². The number of nitrogens with one attached hydrogen (secondary N) is 1. The van der Waals surface area contributed by atoms with Crippen LogP contribution in [0.5, 0.6) is 5.75 Å². The van der Waals surface area contributed by atoms with Crippen molar-refractivity contribution in [2.24, 2.45) is 11.8 Å². The highest BCUT2D eigenvalue weighted by molar-refractivity contribution is 5.22. The average molecular weight is 251 g/mol. The van der Waals surface area contributed by atoms with E-state index in [1.165, 1.54) is 18.6 Å². The second-order valence-corrected chi connectivity index (χ2v) is 5.49. The van der Waals surface area contributed by atoms with Crippen molar-refractivity contribution in [3.63, 3.8) is 0 Å². The van der Waals surface area contributed by atoms with Crippen LogP contribution >= 0.6 is 0 Å². The molecule has 3 heteroatoms. The minimum Gasteiger partial charge on any atom is -0.489 e. The Morgan fingerprint density at radius 3 is 2.44 bits per heavy atom. The van der Waals surface area contributed by atoms with Gasteiger partial charge in [-0.1, -0.05) is 13.8 Å². The van der Waals surface area contributed by atoms with Crippen LogP contribution in [0.25, 0.3) is 0 Å². The summed E-state index contributed by atoms with van der Waals surface area (Å²) in [6, 6.07) is 6.66. The molecule has 0 radical (unpaired) electrons. The lowest BCUT2D eigenvalue weighted by molar-refractivity contribution is 0.0506. The van der Waals surface area contributed by atoms with Crippen LogP contribution in [0.15, 0.2) is 24.3 Å². The van der Waals surface area contributed by atoms with E-state index in [9.17, 15) is 4.39 Å². The van der Waals surface area contributed by atoms with Gasteiger partial charge in [-0.05, 0) is 56.0 Å². The Morgan fingerprint density at radius 2 is 1.83 bits per heavy atom. The molecule has 18 heavy (non-hydrogen) atoms. The van der Waals surface area contributed by atoms with E-state index in [1.54, 1.807) is 12.1 Å². The third-order valence-electron chi connectivity index (χ3n) is 3.84. The van der Waals surface area contributed by atoms with E-state index < -0.39 is 0 Å².